The zero-order valence-corrected chi connectivity index (χ0v) is 12.5. The van der Waals surface area contributed by atoms with Crippen LogP contribution in [-0.4, -0.2) is 24.3 Å². The van der Waals surface area contributed by atoms with E-state index >= 15 is 0 Å². The minimum Gasteiger partial charge on any atom is -0.497 e. The minimum atomic E-state index is -1.53. The van der Waals surface area contributed by atoms with Gasteiger partial charge >= 0.3 is 7.12 Å². The summed E-state index contributed by atoms with van der Waals surface area (Å²) in [5.74, 6) is 1.44. The van der Waals surface area contributed by atoms with E-state index < -0.39 is 7.12 Å². The van der Waals surface area contributed by atoms with E-state index in [4.69, 9.17) is 9.47 Å². The summed E-state index contributed by atoms with van der Waals surface area (Å²) >= 11 is 0. The van der Waals surface area contributed by atoms with Crippen molar-refractivity contribution in [2.45, 2.75) is 20.5 Å². The molecule has 0 aliphatic rings. The van der Waals surface area contributed by atoms with E-state index in [9.17, 15) is 10.0 Å². The van der Waals surface area contributed by atoms with Crippen LogP contribution in [0.1, 0.15) is 16.7 Å². The third-order valence-electron chi connectivity index (χ3n) is 3.57. The highest BCUT2D eigenvalue weighted by Crippen LogP contribution is 2.22. The fourth-order valence-corrected chi connectivity index (χ4v) is 2.12. The Morgan fingerprint density at radius 3 is 2.52 bits per heavy atom. The van der Waals surface area contributed by atoms with Gasteiger partial charge in [-0.3, -0.25) is 0 Å². The number of methoxy groups -OCH3 is 1. The van der Waals surface area contributed by atoms with Crippen LogP contribution in [-0.2, 0) is 6.61 Å². The monoisotopic (exact) mass is 286 g/mol. The highest BCUT2D eigenvalue weighted by atomic mass is 16.5. The summed E-state index contributed by atoms with van der Waals surface area (Å²) in [6.07, 6.45) is 0. The molecular formula is C16H19BO4. The number of aryl methyl sites for hydroxylation is 1. The maximum atomic E-state index is 9.42. The Labute approximate surface area is 125 Å². The highest BCUT2D eigenvalue weighted by Gasteiger charge is 2.17. The van der Waals surface area contributed by atoms with Crippen molar-refractivity contribution in [3.8, 4) is 11.5 Å². The summed E-state index contributed by atoms with van der Waals surface area (Å²) < 4.78 is 11.0. The van der Waals surface area contributed by atoms with Crippen molar-refractivity contribution in [3.05, 3.63) is 53.1 Å². The van der Waals surface area contributed by atoms with Crippen molar-refractivity contribution in [3.63, 3.8) is 0 Å². The molecule has 2 N–H and O–H groups in total. The molecule has 0 heterocycles. The molecule has 0 spiro atoms. The van der Waals surface area contributed by atoms with E-state index in [1.807, 2.05) is 32.0 Å². The van der Waals surface area contributed by atoms with Gasteiger partial charge in [-0.15, -0.1) is 0 Å². The van der Waals surface area contributed by atoms with Crippen LogP contribution in [0.25, 0.3) is 0 Å². The van der Waals surface area contributed by atoms with Crippen molar-refractivity contribution in [1.29, 1.82) is 0 Å². The van der Waals surface area contributed by atoms with Crippen LogP contribution in [0.15, 0.2) is 36.4 Å². The Kier molecular flexibility index (Phi) is 4.88. The molecule has 2 aromatic carbocycles. The van der Waals surface area contributed by atoms with E-state index in [1.54, 1.807) is 25.3 Å². The number of hydrogen-bond acceptors (Lipinski definition) is 4. The normalized spacial score (nSPS) is 10.3. The Bertz CT molecular complexity index is 626. The molecular weight excluding hydrogens is 267 g/mol. The number of hydrogen-bond donors (Lipinski definition) is 2. The summed E-state index contributed by atoms with van der Waals surface area (Å²) in [4.78, 5) is 0. The van der Waals surface area contributed by atoms with E-state index in [1.165, 1.54) is 0 Å². The van der Waals surface area contributed by atoms with Gasteiger partial charge in [-0.2, -0.15) is 0 Å². The molecule has 0 amide bonds. The Morgan fingerprint density at radius 1 is 1.10 bits per heavy atom. The van der Waals surface area contributed by atoms with Crippen molar-refractivity contribution < 1.29 is 19.5 Å². The largest absolute Gasteiger partial charge is 0.497 e. The van der Waals surface area contributed by atoms with E-state index in [0.29, 0.717) is 16.8 Å². The number of benzene rings is 2. The topological polar surface area (TPSA) is 58.9 Å². The molecule has 0 aliphatic heterocycles. The fraction of sp³-hybridized carbons (Fsp3) is 0.250. The maximum Gasteiger partial charge on any atom is 0.488 e. The molecule has 2 rings (SSSR count). The van der Waals surface area contributed by atoms with Crippen LogP contribution in [0.5, 0.6) is 11.5 Å². The van der Waals surface area contributed by atoms with Gasteiger partial charge in [0.25, 0.3) is 0 Å². The molecule has 0 atom stereocenters. The van der Waals surface area contributed by atoms with Gasteiger partial charge in [-0.1, -0.05) is 18.2 Å². The van der Waals surface area contributed by atoms with Crippen LogP contribution in [0.2, 0.25) is 0 Å². The van der Waals surface area contributed by atoms with Gasteiger partial charge in [0, 0.05) is 0 Å². The molecule has 0 radical (unpaired) electrons. The van der Waals surface area contributed by atoms with Crippen LogP contribution in [0.3, 0.4) is 0 Å². The molecule has 4 nitrogen and oxygen atoms in total. The zero-order valence-electron chi connectivity index (χ0n) is 12.5. The van der Waals surface area contributed by atoms with Gasteiger partial charge in [0.15, 0.2) is 0 Å². The second kappa shape index (κ2) is 6.65. The van der Waals surface area contributed by atoms with Gasteiger partial charge in [0.2, 0.25) is 0 Å². The first-order chi connectivity index (χ1) is 10.0. The van der Waals surface area contributed by atoms with E-state index in [0.717, 1.165) is 16.9 Å². The molecule has 0 aromatic heterocycles. The molecule has 0 unspecified atom stereocenters. The van der Waals surface area contributed by atoms with Gasteiger partial charge in [0.05, 0.1) is 7.11 Å². The van der Waals surface area contributed by atoms with Crippen LogP contribution < -0.4 is 14.9 Å². The molecule has 0 aliphatic carbocycles. The SMILES string of the molecule is COc1ccc(B(O)O)c(COc2cccc(C)c2C)c1. The number of rotatable bonds is 5. The van der Waals surface area contributed by atoms with Crippen molar-refractivity contribution >= 4 is 12.6 Å². The molecule has 0 fully saturated rings. The lowest BCUT2D eigenvalue weighted by molar-refractivity contribution is 0.303. The Morgan fingerprint density at radius 2 is 1.86 bits per heavy atom. The van der Waals surface area contributed by atoms with Crippen LogP contribution >= 0.6 is 0 Å². The zero-order chi connectivity index (χ0) is 15.4. The lowest BCUT2D eigenvalue weighted by atomic mass is 9.77. The first-order valence-electron chi connectivity index (χ1n) is 6.75. The van der Waals surface area contributed by atoms with Gasteiger partial charge in [-0.05, 0) is 54.2 Å². The molecule has 0 saturated heterocycles. The predicted octanol–water partition coefficient (Wildman–Crippen LogP) is 1.57. The molecule has 0 saturated carbocycles. The van der Waals surface area contributed by atoms with Crippen molar-refractivity contribution in [2.24, 2.45) is 0 Å². The van der Waals surface area contributed by atoms with E-state index in [-0.39, 0.29) is 6.61 Å². The quantitative estimate of drug-likeness (QED) is 0.819. The third-order valence-corrected chi connectivity index (χ3v) is 3.57. The molecule has 110 valence electrons. The predicted molar refractivity (Wildman–Crippen MR) is 83.1 cm³/mol. The summed E-state index contributed by atoms with van der Waals surface area (Å²) in [6.45, 7) is 4.27. The first kappa shape index (κ1) is 15.4. The second-order valence-electron chi connectivity index (χ2n) is 4.93. The fourth-order valence-electron chi connectivity index (χ4n) is 2.12. The summed E-state index contributed by atoms with van der Waals surface area (Å²) in [5.41, 5.74) is 3.33. The average Bonchev–Trinajstić information content (AvgIpc) is 2.48. The first-order valence-corrected chi connectivity index (χ1v) is 6.75. The Balaban J connectivity index is 2.24. The van der Waals surface area contributed by atoms with Crippen LogP contribution in [0.4, 0.5) is 0 Å². The average molecular weight is 286 g/mol. The molecule has 21 heavy (non-hydrogen) atoms. The summed E-state index contributed by atoms with van der Waals surface area (Å²) in [7, 11) is 0.0350. The molecule has 0 bridgehead atoms. The second-order valence-corrected chi connectivity index (χ2v) is 4.93. The minimum absolute atomic E-state index is 0.244. The third kappa shape index (κ3) is 3.57. The standard InChI is InChI=1S/C16H19BO4/c1-11-5-4-6-16(12(11)2)21-10-13-9-14(20-3)7-8-15(13)17(18)19/h4-9,18-19H,10H2,1-3H3. The number of ether oxygens (including phenoxy) is 2. The van der Waals surface area contributed by atoms with Gasteiger partial charge < -0.3 is 19.5 Å². The Hall–Kier alpha value is -1.98. The van der Waals surface area contributed by atoms with Crippen molar-refractivity contribution in [2.75, 3.05) is 7.11 Å². The smallest absolute Gasteiger partial charge is 0.488 e. The molecule has 5 heteroatoms. The lowest BCUT2D eigenvalue weighted by Gasteiger charge is -2.14. The van der Waals surface area contributed by atoms with Gasteiger partial charge in [-0.25, -0.2) is 0 Å². The van der Waals surface area contributed by atoms with E-state index in [2.05, 4.69) is 0 Å². The highest BCUT2D eigenvalue weighted by molar-refractivity contribution is 6.59. The van der Waals surface area contributed by atoms with Crippen molar-refractivity contribution in [1.82, 2.24) is 0 Å². The maximum absolute atomic E-state index is 9.42. The van der Waals surface area contributed by atoms with Crippen LogP contribution in [0, 0.1) is 13.8 Å². The summed E-state index contributed by atoms with van der Waals surface area (Å²) in [6, 6.07) is 10.9. The lowest BCUT2D eigenvalue weighted by Crippen LogP contribution is -2.33. The summed E-state index contributed by atoms with van der Waals surface area (Å²) in [5, 5.41) is 18.8. The molecule has 2 aromatic rings. The van der Waals surface area contributed by atoms with Gasteiger partial charge in [0.1, 0.15) is 18.1 Å².